The topological polar surface area (TPSA) is 0 Å². The third-order valence-electron chi connectivity index (χ3n) is 7.08. The molecule has 0 nitrogen and oxygen atoms in total. The SMILES string of the molecule is CCCCCC[C@@H]1CC[C@@H]2c3ccc(C#Cc4ccc(Cl)cc4)cc3CC[C@@H]2C1. The highest BCUT2D eigenvalue weighted by Crippen LogP contribution is 2.48. The van der Waals surface area contributed by atoms with Crippen molar-refractivity contribution in [1.82, 2.24) is 0 Å². The Kier molecular flexibility index (Phi) is 6.99. The Bertz CT molecular complexity index is 867. The first-order valence-corrected chi connectivity index (χ1v) is 12.0. The van der Waals surface area contributed by atoms with Crippen LogP contribution in [0.5, 0.6) is 0 Å². The van der Waals surface area contributed by atoms with Crippen LogP contribution in [0.3, 0.4) is 0 Å². The molecule has 0 saturated heterocycles. The number of halogens is 1. The van der Waals surface area contributed by atoms with Crippen molar-refractivity contribution in [3.63, 3.8) is 0 Å². The number of hydrogen-bond acceptors (Lipinski definition) is 0. The lowest BCUT2D eigenvalue weighted by Crippen LogP contribution is -2.28. The van der Waals surface area contributed by atoms with Crippen LogP contribution >= 0.6 is 11.6 Å². The summed E-state index contributed by atoms with van der Waals surface area (Å²) in [6.07, 6.45) is 14.0. The first-order chi connectivity index (χ1) is 14.2. The first-order valence-electron chi connectivity index (χ1n) is 11.6. The lowest BCUT2D eigenvalue weighted by molar-refractivity contribution is 0.199. The molecule has 0 spiro atoms. The van der Waals surface area contributed by atoms with E-state index in [1.54, 1.807) is 11.1 Å². The van der Waals surface area contributed by atoms with E-state index in [2.05, 4.69) is 37.0 Å². The monoisotopic (exact) mass is 404 g/mol. The Morgan fingerprint density at radius 3 is 2.52 bits per heavy atom. The van der Waals surface area contributed by atoms with E-state index in [0.717, 1.165) is 33.9 Å². The van der Waals surface area contributed by atoms with E-state index < -0.39 is 0 Å². The van der Waals surface area contributed by atoms with Gasteiger partial charge in [0.05, 0.1) is 0 Å². The summed E-state index contributed by atoms with van der Waals surface area (Å²) in [5.74, 6) is 9.32. The van der Waals surface area contributed by atoms with Gasteiger partial charge in [-0.15, -0.1) is 0 Å². The summed E-state index contributed by atoms with van der Waals surface area (Å²) in [6, 6.07) is 14.8. The summed E-state index contributed by atoms with van der Waals surface area (Å²) >= 11 is 5.96. The van der Waals surface area contributed by atoms with Gasteiger partial charge < -0.3 is 0 Å². The highest BCUT2D eigenvalue weighted by Gasteiger charge is 2.34. The second kappa shape index (κ2) is 9.86. The van der Waals surface area contributed by atoms with Gasteiger partial charge in [-0.3, -0.25) is 0 Å². The molecule has 0 heterocycles. The van der Waals surface area contributed by atoms with E-state index in [1.165, 1.54) is 64.2 Å². The molecule has 2 aliphatic carbocycles. The minimum absolute atomic E-state index is 0.759. The summed E-state index contributed by atoms with van der Waals surface area (Å²) in [5, 5.41) is 0.759. The number of aryl methyl sites for hydroxylation is 1. The van der Waals surface area contributed by atoms with E-state index in [4.69, 9.17) is 11.6 Å². The molecule has 0 unspecified atom stereocenters. The Hall–Kier alpha value is -1.71. The minimum atomic E-state index is 0.759. The number of hydrogen-bond donors (Lipinski definition) is 0. The average molecular weight is 405 g/mol. The molecule has 1 fully saturated rings. The molecule has 0 radical (unpaired) electrons. The number of unbranched alkanes of at least 4 members (excludes halogenated alkanes) is 3. The fraction of sp³-hybridized carbons (Fsp3) is 0.500. The molecule has 0 aliphatic heterocycles. The van der Waals surface area contributed by atoms with Gasteiger partial charge in [0.1, 0.15) is 0 Å². The van der Waals surface area contributed by atoms with E-state index in [-0.39, 0.29) is 0 Å². The molecule has 1 heteroatoms. The van der Waals surface area contributed by atoms with Gasteiger partial charge in [0.25, 0.3) is 0 Å². The van der Waals surface area contributed by atoms with Crippen molar-refractivity contribution >= 4 is 11.6 Å². The number of fused-ring (bicyclic) bond motifs is 3. The molecule has 2 aromatic rings. The zero-order valence-electron chi connectivity index (χ0n) is 17.7. The van der Waals surface area contributed by atoms with Crippen molar-refractivity contribution < 1.29 is 0 Å². The summed E-state index contributed by atoms with van der Waals surface area (Å²) in [4.78, 5) is 0. The summed E-state index contributed by atoms with van der Waals surface area (Å²) in [5.41, 5.74) is 5.34. The van der Waals surface area contributed by atoms with Crippen molar-refractivity contribution in [2.45, 2.75) is 77.0 Å². The highest BCUT2D eigenvalue weighted by molar-refractivity contribution is 6.30. The molecule has 152 valence electrons. The van der Waals surface area contributed by atoms with E-state index in [9.17, 15) is 0 Å². The lowest BCUT2D eigenvalue weighted by atomic mass is 9.64. The van der Waals surface area contributed by atoms with Crippen LogP contribution in [0.2, 0.25) is 5.02 Å². The molecule has 4 rings (SSSR count). The maximum absolute atomic E-state index is 5.96. The van der Waals surface area contributed by atoms with Crippen LogP contribution in [-0.2, 0) is 6.42 Å². The fourth-order valence-corrected chi connectivity index (χ4v) is 5.62. The van der Waals surface area contributed by atoms with Crippen LogP contribution in [0, 0.1) is 23.7 Å². The highest BCUT2D eigenvalue weighted by atomic mass is 35.5. The summed E-state index contributed by atoms with van der Waals surface area (Å²) in [7, 11) is 0. The van der Waals surface area contributed by atoms with Gasteiger partial charge in [0.15, 0.2) is 0 Å². The Labute approximate surface area is 182 Å². The predicted molar refractivity (Wildman–Crippen MR) is 125 cm³/mol. The van der Waals surface area contributed by atoms with Crippen LogP contribution in [0.1, 0.15) is 92.9 Å². The molecule has 1 saturated carbocycles. The van der Waals surface area contributed by atoms with Crippen molar-refractivity contribution in [2.24, 2.45) is 11.8 Å². The van der Waals surface area contributed by atoms with Crippen LogP contribution in [0.25, 0.3) is 0 Å². The molecule has 0 bridgehead atoms. The third kappa shape index (κ3) is 5.26. The van der Waals surface area contributed by atoms with Crippen LogP contribution in [0.4, 0.5) is 0 Å². The standard InChI is InChI=1S/C28H33Cl/c1-2-3-4-5-6-22-11-17-27-24(19-22)13-14-25-20-23(12-18-28(25)27)8-7-21-9-15-26(29)16-10-21/h9-10,12,15-16,18,20,22,24,27H,2-6,11,13-14,17,19H2,1H3/t22-,24-,27+/m1/s1. The van der Waals surface area contributed by atoms with Gasteiger partial charge in [-0.2, -0.15) is 0 Å². The van der Waals surface area contributed by atoms with E-state index >= 15 is 0 Å². The fourth-order valence-electron chi connectivity index (χ4n) is 5.49. The van der Waals surface area contributed by atoms with E-state index in [0.29, 0.717) is 0 Å². The van der Waals surface area contributed by atoms with Crippen LogP contribution < -0.4 is 0 Å². The van der Waals surface area contributed by atoms with Gasteiger partial charge in [-0.25, -0.2) is 0 Å². The Morgan fingerprint density at radius 1 is 0.897 bits per heavy atom. The number of rotatable bonds is 5. The molecular formula is C28H33Cl. The molecule has 0 N–H and O–H groups in total. The Morgan fingerprint density at radius 2 is 1.69 bits per heavy atom. The lowest BCUT2D eigenvalue weighted by Gasteiger charge is -2.40. The quantitative estimate of drug-likeness (QED) is 0.348. The summed E-state index contributed by atoms with van der Waals surface area (Å²) < 4.78 is 0. The maximum Gasteiger partial charge on any atom is 0.0406 e. The Balaban J connectivity index is 1.40. The molecule has 0 aromatic heterocycles. The van der Waals surface area contributed by atoms with Gasteiger partial charge in [-0.05, 0) is 97.4 Å². The second-order valence-corrected chi connectivity index (χ2v) is 9.54. The normalized spacial score (nSPS) is 22.9. The van der Waals surface area contributed by atoms with Crippen molar-refractivity contribution in [1.29, 1.82) is 0 Å². The smallest absolute Gasteiger partial charge is 0.0406 e. The molecule has 2 aromatic carbocycles. The van der Waals surface area contributed by atoms with E-state index in [1.807, 2.05) is 24.3 Å². The number of benzene rings is 2. The van der Waals surface area contributed by atoms with Crippen LogP contribution in [0.15, 0.2) is 42.5 Å². The largest absolute Gasteiger partial charge is 0.0843 e. The maximum atomic E-state index is 5.96. The van der Waals surface area contributed by atoms with Crippen molar-refractivity contribution in [2.75, 3.05) is 0 Å². The molecular weight excluding hydrogens is 372 g/mol. The zero-order chi connectivity index (χ0) is 20.1. The molecule has 2 aliphatic rings. The van der Waals surface area contributed by atoms with Gasteiger partial charge in [0, 0.05) is 16.1 Å². The zero-order valence-corrected chi connectivity index (χ0v) is 18.5. The second-order valence-electron chi connectivity index (χ2n) is 9.10. The van der Waals surface area contributed by atoms with Gasteiger partial charge in [0.2, 0.25) is 0 Å². The predicted octanol–water partition coefficient (Wildman–Crippen LogP) is 8.16. The first kappa shape index (κ1) is 20.6. The third-order valence-corrected chi connectivity index (χ3v) is 7.33. The van der Waals surface area contributed by atoms with Crippen LogP contribution in [-0.4, -0.2) is 0 Å². The molecule has 29 heavy (non-hydrogen) atoms. The minimum Gasteiger partial charge on any atom is -0.0843 e. The molecule has 3 atom stereocenters. The van der Waals surface area contributed by atoms with Crippen molar-refractivity contribution in [3.05, 3.63) is 69.7 Å². The van der Waals surface area contributed by atoms with Crippen molar-refractivity contribution in [3.8, 4) is 11.8 Å². The van der Waals surface area contributed by atoms with Gasteiger partial charge in [-0.1, -0.05) is 68.5 Å². The van der Waals surface area contributed by atoms with Gasteiger partial charge >= 0.3 is 0 Å². The summed E-state index contributed by atoms with van der Waals surface area (Å²) in [6.45, 7) is 2.30. The average Bonchev–Trinajstić information content (AvgIpc) is 2.76. The molecule has 0 amide bonds.